The van der Waals surface area contributed by atoms with Crippen LogP contribution in [0.1, 0.15) is 51.1 Å². The molecule has 0 aliphatic heterocycles. The summed E-state index contributed by atoms with van der Waals surface area (Å²) in [5.74, 6) is -0.250. The van der Waals surface area contributed by atoms with Crippen molar-refractivity contribution in [2.45, 2.75) is 46.3 Å². The van der Waals surface area contributed by atoms with E-state index in [0.29, 0.717) is 28.2 Å². The number of hydrogen-bond donors (Lipinski definition) is 1. The minimum atomic E-state index is -0.754. The predicted octanol–water partition coefficient (Wildman–Crippen LogP) is 6.60. The molecule has 4 aromatic heterocycles. The predicted molar refractivity (Wildman–Crippen MR) is 180 cm³/mol. The first-order chi connectivity index (χ1) is 23.3. The zero-order valence-electron chi connectivity index (χ0n) is 27.6. The third kappa shape index (κ3) is 7.07. The van der Waals surface area contributed by atoms with Crippen molar-refractivity contribution in [2.24, 2.45) is 7.05 Å². The van der Waals surface area contributed by atoms with Crippen molar-refractivity contribution in [3.63, 3.8) is 0 Å². The summed E-state index contributed by atoms with van der Waals surface area (Å²) < 4.78 is 29.6. The Morgan fingerprint density at radius 2 is 1.67 bits per heavy atom. The summed E-state index contributed by atoms with van der Waals surface area (Å²) in [7, 11) is 1.82. The van der Waals surface area contributed by atoms with Gasteiger partial charge in [0.25, 0.3) is 5.91 Å². The maximum Gasteiger partial charge on any atom is 0.435 e. The average molecular weight is 665 g/mol. The number of aromatic nitrogens is 7. The lowest BCUT2D eigenvalue weighted by molar-refractivity contribution is 0.0514. The third-order valence-electron chi connectivity index (χ3n) is 7.36. The fourth-order valence-electron chi connectivity index (χ4n) is 4.93. The van der Waals surface area contributed by atoms with Crippen LogP contribution >= 0.6 is 0 Å². The number of amides is 1. The first-order valence-corrected chi connectivity index (χ1v) is 15.3. The number of carbonyl (C=O) groups excluding carboxylic acids is 2. The molecule has 13 nitrogen and oxygen atoms in total. The van der Waals surface area contributed by atoms with Gasteiger partial charge in [-0.2, -0.15) is 20.0 Å². The van der Waals surface area contributed by atoms with Crippen molar-refractivity contribution >= 4 is 28.7 Å². The van der Waals surface area contributed by atoms with Crippen LogP contribution in [0, 0.1) is 5.82 Å². The summed E-state index contributed by atoms with van der Waals surface area (Å²) in [5, 5.41) is 16.2. The second kappa shape index (κ2) is 12.8. The second-order valence-corrected chi connectivity index (χ2v) is 12.6. The van der Waals surface area contributed by atoms with E-state index in [1.807, 2.05) is 33.0 Å². The maximum absolute atomic E-state index is 13.5. The molecule has 49 heavy (non-hydrogen) atoms. The number of benzene rings is 2. The maximum atomic E-state index is 13.5. The van der Waals surface area contributed by atoms with Crippen molar-refractivity contribution in [3.8, 4) is 33.8 Å². The quantitative estimate of drug-likeness (QED) is 0.199. The van der Waals surface area contributed by atoms with Gasteiger partial charge in [0.15, 0.2) is 5.69 Å². The van der Waals surface area contributed by atoms with Crippen LogP contribution < -0.4 is 15.5 Å². The monoisotopic (exact) mass is 664 g/mol. The van der Waals surface area contributed by atoms with Gasteiger partial charge in [-0.05, 0) is 76.6 Å². The summed E-state index contributed by atoms with van der Waals surface area (Å²) in [6.07, 6.45) is 7.15. The van der Waals surface area contributed by atoms with E-state index in [4.69, 9.17) is 9.47 Å². The lowest BCUT2D eigenvalue weighted by Gasteiger charge is -2.18. The Morgan fingerprint density at radius 3 is 2.35 bits per heavy atom. The number of ether oxygens (including phenoxy) is 2. The average Bonchev–Trinajstić information content (AvgIpc) is 3.68. The van der Waals surface area contributed by atoms with Crippen molar-refractivity contribution in [2.75, 3.05) is 5.32 Å². The molecule has 0 unspecified atom stereocenters. The Balaban J connectivity index is 1.26. The Labute approximate surface area is 279 Å². The van der Waals surface area contributed by atoms with Crippen LogP contribution in [-0.4, -0.2) is 51.9 Å². The van der Waals surface area contributed by atoms with Gasteiger partial charge in [0, 0.05) is 47.6 Å². The molecule has 6 aromatic rings. The molecule has 0 saturated carbocycles. The van der Waals surface area contributed by atoms with Crippen LogP contribution in [0.2, 0.25) is 0 Å². The smallest absolute Gasteiger partial charge is 0.435 e. The molecule has 0 aliphatic rings. The minimum absolute atomic E-state index is 0.156. The molecule has 2 aromatic carbocycles. The number of pyridine rings is 1. The molecular weight excluding hydrogens is 631 g/mol. The van der Waals surface area contributed by atoms with E-state index in [-0.39, 0.29) is 23.1 Å². The lowest BCUT2D eigenvalue weighted by atomic mass is 10.1. The number of halogens is 1. The molecule has 0 saturated heterocycles. The largest absolute Gasteiger partial charge is 0.455 e. The minimum Gasteiger partial charge on any atom is -0.455 e. The van der Waals surface area contributed by atoms with Gasteiger partial charge in [0.05, 0.1) is 24.1 Å². The van der Waals surface area contributed by atoms with Crippen molar-refractivity contribution < 1.29 is 23.5 Å². The first kappa shape index (κ1) is 32.7. The molecule has 0 radical (unpaired) electrons. The van der Waals surface area contributed by atoms with Crippen LogP contribution in [0.5, 0.6) is 11.5 Å². The van der Waals surface area contributed by atoms with Gasteiger partial charge in [0.2, 0.25) is 5.43 Å². The molecule has 0 aliphatic carbocycles. The van der Waals surface area contributed by atoms with Crippen molar-refractivity contribution in [1.29, 1.82) is 0 Å². The normalized spacial score (nSPS) is 11.6. The number of nitrogens with one attached hydrogen (secondary N) is 1. The van der Waals surface area contributed by atoms with E-state index in [2.05, 4.69) is 25.6 Å². The number of hydrogen-bond acceptors (Lipinski definition) is 9. The highest BCUT2D eigenvalue weighted by Gasteiger charge is 2.22. The van der Waals surface area contributed by atoms with Gasteiger partial charge in [-0.25, -0.2) is 14.2 Å². The Hall–Kier alpha value is -6.18. The van der Waals surface area contributed by atoms with Crippen LogP contribution in [0.15, 0.2) is 84.3 Å². The highest BCUT2D eigenvalue weighted by atomic mass is 19.1. The van der Waals surface area contributed by atoms with Crippen molar-refractivity contribution in [1.82, 2.24) is 34.3 Å². The molecule has 0 spiro atoms. The molecule has 6 rings (SSSR count). The van der Waals surface area contributed by atoms with E-state index >= 15 is 0 Å². The van der Waals surface area contributed by atoms with E-state index in [0.717, 1.165) is 15.6 Å². The summed E-state index contributed by atoms with van der Waals surface area (Å²) in [4.78, 5) is 43.6. The highest BCUT2D eigenvalue weighted by molar-refractivity contribution is 6.02. The molecule has 0 bridgehead atoms. The van der Waals surface area contributed by atoms with Gasteiger partial charge < -0.3 is 14.8 Å². The number of anilines is 1. The number of rotatable bonds is 7. The summed E-state index contributed by atoms with van der Waals surface area (Å²) in [6.45, 7) is 9.04. The molecule has 1 N–H and O–H groups in total. The zero-order valence-corrected chi connectivity index (χ0v) is 27.6. The summed E-state index contributed by atoms with van der Waals surface area (Å²) in [5.41, 5.74) is 1.11. The summed E-state index contributed by atoms with van der Waals surface area (Å²) in [6, 6.07) is 12.1. The topological polar surface area (TPSA) is 148 Å². The molecule has 1 amide bonds. The second-order valence-electron chi connectivity index (χ2n) is 12.6. The van der Waals surface area contributed by atoms with E-state index in [1.165, 1.54) is 47.4 Å². The Kier molecular flexibility index (Phi) is 8.55. The first-order valence-electron chi connectivity index (χ1n) is 15.3. The SMILES string of the molecule is CC(C)n1cc(-c2ccc(F)cc2)c(=O)c(C(=O)Nc2ccc(Oc3cc4cnn(C)c4cc3-c3cnn(C(=O)OC(C)(C)C)c3)cn2)n1. The van der Waals surface area contributed by atoms with Crippen LogP contribution in [0.25, 0.3) is 33.2 Å². The molecule has 0 atom stereocenters. The highest BCUT2D eigenvalue weighted by Crippen LogP contribution is 2.37. The number of aryl methyl sites for hydroxylation is 1. The lowest BCUT2D eigenvalue weighted by Crippen LogP contribution is -2.28. The molecule has 14 heteroatoms. The van der Waals surface area contributed by atoms with E-state index in [9.17, 15) is 18.8 Å². The van der Waals surface area contributed by atoms with Crippen LogP contribution in [-0.2, 0) is 11.8 Å². The van der Waals surface area contributed by atoms with E-state index in [1.54, 1.807) is 50.1 Å². The van der Waals surface area contributed by atoms with Gasteiger partial charge in [-0.15, -0.1) is 0 Å². The van der Waals surface area contributed by atoms with Gasteiger partial charge in [-0.3, -0.25) is 19.0 Å². The van der Waals surface area contributed by atoms with Crippen LogP contribution in [0.3, 0.4) is 0 Å². The standard InChI is InChI=1S/C35H33FN8O5/c1-20(2)43-19-27(21-7-9-24(36)10-8-21)32(45)31(41-43)33(46)40-30-12-11-25(17-37-30)48-29-13-22-15-38-42(6)28(22)14-26(29)23-16-39-44(18-23)34(47)49-35(3,4)5/h7-20H,1-6H3,(H,37,40,46). The van der Waals surface area contributed by atoms with Crippen molar-refractivity contribution in [3.05, 3.63) is 101 Å². The number of nitrogens with zero attached hydrogens (tertiary/aromatic N) is 7. The van der Waals surface area contributed by atoms with E-state index < -0.39 is 28.8 Å². The van der Waals surface area contributed by atoms with Gasteiger partial charge >= 0.3 is 6.09 Å². The fourth-order valence-corrected chi connectivity index (χ4v) is 4.93. The molecular formula is C35H33FN8O5. The molecule has 0 fully saturated rings. The Morgan fingerprint density at radius 1 is 0.918 bits per heavy atom. The van der Waals surface area contributed by atoms with Gasteiger partial charge in [-0.1, -0.05) is 12.1 Å². The van der Waals surface area contributed by atoms with Crippen LogP contribution in [0.4, 0.5) is 15.0 Å². The number of carbonyl (C=O) groups is 2. The molecule has 4 heterocycles. The van der Waals surface area contributed by atoms with Gasteiger partial charge in [0.1, 0.15) is 28.7 Å². The summed E-state index contributed by atoms with van der Waals surface area (Å²) >= 11 is 0. The number of fused-ring (bicyclic) bond motifs is 1. The third-order valence-corrected chi connectivity index (χ3v) is 7.36. The zero-order chi connectivity index (χ0) is 35.0. The molecule has 250 valence electrons. The Bertz CT molecular complexity index is 2250. The fraction of sp³-hybridized carbons (Fsp3) is 0.229.